The molecule has 6 heteroatoms. The molecular formula is C10H14BrNO3S. The molecule has 16 heavy (non-hydrogen) atoms. The largest absolute Gasteiger partial charge is 0.396 e. The van der Waals surface area contributed by atoms with Crippen molar-refractivity contribution in [3.8, 4) is 0 Å². The van der Waals surface area contributed by atoms with E-state index in [4.69, 9.17) is 5.11 Å². The minimum absolute atomic E-state index is 0.0744. The summed E-state index contributed by atoms with van der Waals surface area (Å²) < 4.78 is 26.3. The quantitative estimate of drug-likeness (QED) is 0.873. The first kappa shape index (κ1) is 13.5. The lowest BCUT2D eigenvalue weighted by molar-refractivity contribution is 0.295. The number of halogens is 1. The molecule has 2 N–H and O–H groups in total. The molecule has 0 aliphatic heterocycles. The molecule has 0 atom stereocenters. The molecule has 0 radical (unpaired) electrons. The van der Waals surface area contributed by atoms with Crippen molar-refractivity contribution in [2.45, 2.75) is 13.3 Å². The summed E-state index contributed by atoms with van der Waals surface area (Å²) in [6, 6.07) is 5.25. The Bertz CT molecular complexity index is 459. The van der Waals surface area contributed by atoms with Crippen LogP contribution in [0.15, 0.2) is 22.7 Å². The predicted molar refractivity (Wildman–Crippen MR) is 68.0 cm³/mol. The number of aryl methyl sites for hydroxylation is 1. The lowest BCUT2D eigenvalue weighted by Gasteiger charge is -2.08. The van der Waals surface area contributed by atoms with E-state index in [9.17, 15) is 8.42 Å². The van der Waals surface area contributed by atoms with E-state index in [1.54, 1.807) is 12.1 Å². The summed E-state index contributed by atoms with van der Waals surface area (Å²) in [5.74, 6) is -0.0744. The smallest absolute Gasteiger partial charge is 0.232 e. The van der Waals surface area contributed by atoms with E-state index in [2.05, 4.69) is 20.7 Å². The number of nitrogens with one attached hydrogen (secondary N) is 1. The molecule has 0 spiro atoms. The average Bonchev–Trinajstić information content (AvgIpc) is 2.20. The number of aliphatic hydroxyl groups is 1. The third-order valence-corrected chi connectivity index (χ3v) is 4.24. The molecule has 1 aromatic rings. The normalized spacial score (nSPS) is 11.4. The first-order valence-corrected chi connectivity index (χ1v) is 7.26. The molecule has 0 heterocycles. The monoisotopic (exact) mass is 307 g/mol. The second kappa shape index (κ2) is 5.65. The highest BCUT2D eigenvalue weighted by Gasteiger charge is 2.10. The summed E-state index contributed by atoms with van der Waals surface area (Å²) in [4.78, 5) is 0. The van der Waals surface area contributed by atoms with E-state index in [1.165, 1.54) is 0 Å². The number of sulfonamides is 1. The van der Waals surface area contributed by atoms with Crippen molar-refractivity contribution in [3.05, 3.63) is 28.2 Å². The van der Waals surface area contributed by atoms with Crippen molar-refractivity contribution in [1.82, 2.24) is 0 Å². The number of hydrogen-bond acceptors (Lipinski definition) is 3. The first-order chi connectivity index (χ1) is 7.44. The summed E-state index contributed by atoms with van der Waals surface area (Å²) in [6.07, 6.45) is 0.238. The fourth-order valence-corrected chi connectivity index (χ4v) is 2.62. The van der Waals surface area contributed by atoms with Gasteiger partial charge in [0.05, 0.1) is 5.75 Å². The highest BCUT2D eigenvalue weighted by molar-refractivity contribution is 9.10. The van der Waals surface area contributed by atoms with E-state index in [0.29, 0.717) is 5.69 Å². The third kappa shape index (κ3) is 4.11. The van der Waals surface area contributed by atoms with Gasteiger partial charge >= 0.3 is 0 Å². The maximum Gasteiger partial charge on any atom is 0.232 e. The van der Waals surface area contributed by atoms with Crippen LogP contribution >= 0.6 is 15.9 Å². The van der Waals surface area contributed by atoms with Gasteiger partial charge in [0.15, 0.2) is 0 Å². The highest BCUT2D eigenvalue weighted by Crippen LogP contribution is 2.21. The molecule has 0 fully saturated rings. The first-order valence-electron chi connectivity index (χ1n) is 4.82. The maximum absolute atomic E-state index is 11.5. The standard InChI is InChI=1S/C10H14BrNO3S/c1-8-3-4-9(7-10(8)11)12-16(14,15)6-2-5-13/h3-4,7,12-13H,2,5-6H2,1H3. The topological polar surface area (TPSA) is 66.4 Å². The van der Waals surface area contributed by atoms with E-state index in [0.717, 1.165) is 10.0 Å². The molecule has 90 valence electrons. The zero-order valence-electron chi connectivity index (χ0n) is 8.90. The molecule has 0 saturated carbocycles. The second-order valence-corrected chi connectivity index (χ2v) is 6.16. The fraction of sp³-hybridized carbons (Fsp3) is 0.400. The van der Waals surface area contributed by atoms with Gasteiger partial charge < -0.3 is 5.11 Å². The van der Waals surface area contributed by atoms with Gasteiger partial charge in [-0.2, -0.15) is 0 Å². The van der Waals surface area contributed by atoms with Gasteiger partial charge in [-0.3, -0.25) is 4.72 Å². The lowest BCUT2D eigenvalue weighted by Crippen LogP contribution is -2.17. The minimum Gasteiger partial charge on any atom is -0.396 e. The van der Waals surface area contributed by atoms with Crippen molar-refractivity contribution < 1.29 is 13.5 Å². The van der Waals surface area contributed by atoms with E-state index >= 15 is 0 Å². The van der Waals surface area contributed by atoms with Crippen LogP contribution in [0.4, 0.5) is 5.69 Å². The molecule has 0 aliphatic rings. The number of hydrogen-bond donors (Lipinski definition) is 2. The fourth-order valence-electron chi connectivity index (χ4n) is 1.14. The Hall–Kier alpha value is -0.590. The van der Waals surface area contributed by atoms with E-state index in [1.807, 2.05) is 13.0 Å². The summed E-state index contributed by atoms with van der Waals surface area (Å²) in [6.45, 7) is 1.80. The Morgan fingerprint density at radius 3 is 2.69 bits per heavy atom. The Kier molecular flexibility index (Phi) is 4.76. The van der Waals surface area contributed by atoms with Gasteiger partial charge in [0.1, 0.15) is 0 Å². The molecule has 0 amide bonds. The van der Waals surface area contributed by atoms with Crippen LogP contribution in [0, 0.1) is 6.92 Å². The summed E-state index contributed by atoms with van der Waals surface area (Å²) in [7, 11) is -3.36. The van der Waals surface area contributed by atoms with Crippen molar-refractivity contribution >= 4 is 31.6 Å². The number of benzene rings is 1. The van der Waals surface area contributed by atoms with E-state index < -0.39 is 10.0 Å². The van der Waals surface area contributed by atoms with Crippen LogP contribution in [0.2, 0.25) is 0 Å². The van der Waals surface area contributed by atoms with Crippen LogP contribution in [0.3, 0.4) is 0 Å². The van der Waals surface area contributed by atoms with E-state index in [-0.39, 0.29) is 18.8 Å². The molecule has 0 unspecified atom stereocenters. The van der Waals surface area contributed by atoms with Gasteiger partial charge in [-0.1, -0.05) is 22.0 Å². The second-order valence-electron chi connectivity index (χ2n) is 3.46. The van der Waals surface area contributed by atoms with Crippen LogP contribution in [0.25, 0.3) is 0 Å². The molecule has 0 bridgehead atoms. The maximum atomic E-state index is 11.5. The van der Waals surface area contributed by atoms with Crippen LogP contribution in [0.5, 0.6) is 0 Å². The zero-order valence-corrected chi connectivity index (χ0v) is 11.3. The van der Waals surface area contributed by atoms with Crippen LogP contribution in [-0.2, 0) is 10.0 Å². The van der Waals surface area contributed by atoms with Gasteiger partial charge in [-0.05, 0) is 31.0 Å². The number of anilines is 1. The minimum atomic E-state index is -3.36. The Balaban J connectivity index is 2.76. The van der Waals surface area contributed by atoms with Gasteiger partial charge in [0.2, 0.25) is 10.0 Å². The van der Waals surface area contributed by atoms with Crippen LogP contribution in [-0.4, -0.2) is 25.9 Å². The zero-order chi connectivity index (χ0) is 12.2. The molecule has 0 aromatic heterocycles. The molecule has 0 aliphatic carbocycles. The molecule has 1 aromatic carbocycles. The predicted octanol–water partition coefficient (Wildman–Crippen LogP) is 1.88. The van der Waals surface area contributed by atoms with Gasteiger partial charge in [0.25, 0.3) is 0 Å². The molecule has 4 nitrogen and oxygen atoms in total. The van der Waals surface area contributed by atoms with Crippen molar-refractivity contribution in [1.29, 1.82) is 0 Å². The van der Waals surface area contributed by atoms with Gasteiger partial charge in [-0.25, -0.2) is 8.42 Å². The Labute approximate surface area is 104 Å². The molecule has 0 saturated heterocycles. The summed E-state index contributed by atoms with van der Waals surface area (Å²) in [5.41, 5.74) is 1.56. The SMILES string of the molecule is Cc1ccc(NS(=O)(=O)CCCO)cc1Br. The van der Waals surface area contributed by atoms with Crippen molar-refractivity contribution in [2.24, 2.45) is 0 Å². The van der Waals surface area contributed by atoms with Gasteiger partial charge in [0, 0.05) is 16.8 Å². The molecular weight excluding hydrogens is 294 g/mol. The van der Waals surface area contributed by atoms with Crippen LogP contribution in [0.1, 0.15) is 12.0 Å². The Morgan fingerprint density at radius 2 is 2.12 bits per heavy atom. The van der Waals surface area contributed by atoms with Crippen LogP contribution < -0.4 is 4.72 Å². The Morgan fingerprint density at radius 1 is 1.44 bits per heavy atom. The molecule has 1 rings (SSSR count). The van der Waals surface area contributed by atoms with Crippen molar-refractivity contribution in [2.75, 3.05) is 17.1 Å². The lowest BCUT2D eigenvalue weighted by atomic mass is 10.2. The average molecular weight is 308 g/mol. The summed E-state index contributed by atoms with van der Waals surface area (Å²) >= 11 is 3.33. The van der Waals surface area contributed by atoms with Crippen molar-refractivity contribution in [3.63, 3.8) is 0 Å². The number of aliphatic hydroxyl groups excluding tert-OH is 1. The van der Waals surface area contributed by atoms with Gasteiger partial charge in [-0.15, -0.1) is 0 Å². The third-order valence-electron chi connectivity index (χ3n) is 2.02. The number of rotatable bonds is 5. The summed E-state index contributed by atoms with van der Waals surface area (Å²) in [5, 5.41) is 8.58. The highest BCUT2D eigenvalue weighted by atomic mass is 79.9.